The second kappa shape index (κ2) is 6.45. The minimum atomic E-state index is -0.209. The summed E-state index contributed by atoms with van der Waals surface area (Å²) in [6.45, 7) is 0. The molecule has 2 aromatic carbocycles. The van der Waals surface area contributed by atoms with Crippen molar-refractivity contribution in [3.63, 3.8) is 0 Å². The van der Waals surface area contributed by atoms with Gasteiger partial charge in [0.25, 0.3) is 0 Å². The van der Waals surface area contributed by atoms with E-state index < -0.39 is 0 Å². The molecule has 3 nitrogen and oxygen atoms in total. The molecule has 0 fully saturated rings. The van der Waals surface area contributed by atoms with Crippen molar-refractivity contribution in [2.75, 3.05) is 5.43 Å². The molecule has 0 saturated heterocycles. The van der Waals surface area contributed by atoms with E-state index in [1.54, 1.807) is 18.2 Å². The smallest absolute Gasteiger partial charge is 0.242 e. The minimum Gasteiger partial charge on any atom is -0.299 e. The second-order valence-electron chi connectivity index (χ2n) is 3.92. The third-order valence-corrected chi connectivity index (χ3v) is 3.23. The van der Waals surface area contributed by atoms with Crippen LogP contribution in [0.4, 0.5) is 5.69 Å². The van der Waals surface area contributed by atoms with Crippen LogP contribution in [-0.4, -0.2) is 5.91 Å². The van der Waals surface area contributed by atoms with Crippen molar-refractivity contribution in [2.45, 2.75) is 6.42 Å². The van der Waals surface area contributed by atoms with Crippen molar-refractivity contribution in [1.82, 2.24) is 5.43 Å². The lowest BCUT2D eigenvalue weighted by Crippen LogP contribution is -2.30. The molecule has 2 rings (SSSR count). The largest absolute Gasteiger partial charge is 0.299 e. The fourth-order valence-corrected chi connectivity index (χ4v) is 2.10. The number of hydrogen-bond donors (Lipinski definition) is 2. The summed E-state index contributed by atoms with van der Waals surface area (Å²) in [6, 6.07) is 14.5. The number of carbonyl (C=O) groups is 1. The Kier molecular flexibility index (Phi) is 4.66. The first-order valence-electron chi connectivity index (χ1n) is 5.69. The van der Waals surface area contributed by atoms with Gasteiger partial charge in [-0.05, 0) is 29.8 Å². The number of rotatable bonds is 4. The van der Waals surface area contributed by atoms with Crippen LogP contribution >= 0.6 is 23.2 Å². The van der Waals surface area contributed by atoms with E-state index in [1.807, 2.05) is 30.3 Å². The van der Waals surface area contributed by atoms with Crippen molar-refractivity contribution in [3.05, 3.63) is 64.1 Å². The number of carbonyl (C=O) groups excluding carboxylic acids is 1. The Balaban J connectivity index is 1.95. The molecule has 5 heteroatoms. The molecule has 2 N–H and O–H groups in total. The van der Waals surface area contributed by atoms with Gasteiger partial charge in [0.15, 0.2) is 0 Å². The van der Waals surface area contributed by atoms with Gasteiger partial charge in [0.1, 0.15) is 0 Å². The summed E-state index contributed by atoms with van der Waals surface area (Å²) in [5, 5.41) is 0.977. The molecule has 0 atom stereocenters. The lowest BCUT2D eigenvalue weighted by Gasteiger charge is -2.10. The zero-order chi connectivity index (χ0) is 13.7. The summed E-state index contributed by atoms with van der Waals surface area (Å²) < 4.78 is 0. The van der Waals surface area contributed by atoms with Crippen molar-refractivity contribution in [2.24, 2.45) is 0 Å². The molecule has 0 spiro atoms. The maximum atomic E-state index is 11.8. The highest BCUT2D eigenvalue weighted by atomic mass is 35.5. The molecule has 2 aromatic rings. The maximum absolute atomic E-state index is 11.8. The minimum absolute atomic E-state index is 0.123. The van der Waals surface area contributed by atoms with Gasteiger partial charge < -0.3 is 0 Å². The number of amides is 1. The number of benzene rings is 2. The number of nitrogens with one attached hydrogen (secondary N) is 2. The Morgan fingerprint density at radius 2 is 1.58 bits per heavy atom. The van der Waals surface area contributed by atoms with Gasteiger partial charge in [-0.2, -0.15) is 0 Å². The molecule has 0 aromatic heterocycles. The van der Waals surface area contributed by atoms with Crippen molar-refractivity contribution in [3.8, 4) is 0 Å². The molecule has 0 aliphatic rings. The lowest BCUT2D eigenvalue weighted by molar-refractivity contribution is -0.119. The van der Waals surface area contributed by atoms with Gasteiger partial charge in [-0.1, -0.05) is 47.5 Å². The van der Waals surface area contributed by atoms with Crippen LogP contribution in [0.25, 0.3) is 0 Å². The van der Waals surface area contributed by atoms with Gasteiger partial charge in [-0.3, -0.25) is 15.6 Å². The molecule has 0 bridgehead atoms. The predicted molar refractivity (Wildman–Crippen MR) is 78.4 cm³/mol. The van der Waals surface area contributed by atoms with Gasteiger partial charge in [-0.15, -0.1) is 0 Å². The SMILES string of the molecule is O=C(Cc1c(Cl)cccc1Cl)NNc1ccccc1. The lowest BCUT2D eigenvalue weighted by atomic mass is 10.1. The predicted octanol–water partition coefficient (Wildman–Crippen LogP) is 3.68. The van der Waals surface area contributed by atoms with E-state index in [0.717, 1.165) is 5.69 Å². The van der Waals surface area contributed by atoms with Crippen LogP contribution in [0.2, 0.25) is 10.0 Å². The zero-order valence-corrected chi connectivity index (χ0v) is 11.5. The van der Waals surface area contributed by atoms with Crippen molar-refractivity contribution in [1.29, 1.82) is 0 Å². The van der Waals surface area contributed by atoms with E-state index in [2.05, 4.69) is 10.9 Å². The average Bonchev–Trinajstić information content (AvgIpc) is 2.42. The molecule has 98 valence electrons. The van der Waals surface area contributed by atoms with E-state index in [9.17, 15) is 4.79 Å². The van der Waals surface area contributed by atoms with Crippen LogP contribution in [-0.2, 0) is 11.2 Å². The van der Waals surface area contributed by atoms with E-state index >= 15 is 0 Å². The van der Waals surface area contributed by atoms with Crippen LogP contribution in [0.1, 0.15) is 5.56 Å². The van der Waals surface area contributed by atoms with Gasteiger partial charge >= 0.3 is 0 Å². The quantitative estimate of drug-likeness (QED) is 0.845. The molecule has 0 aliphatic heterocycles. The number of hydrogen-bond acceptors (Lipinski definition) is 2. The topological polar surface area (TPSA) is 41.1 Å². The van der Waals surface area contributed by atoms with Crippen LogP contribution in [0.3, 0.4) is 0 Å². The molecular weight excluding hydrogens is 283 g/mol. The van der Waals surface area contributed by atoms with Crippen LogP contribution in [0.15, 0.2) is 48.5 Å². The summed E-state index contributed by atoms with van der Waals surface area (Å²) in [7, 11) is 0. The van der Waals surface area contributed by atoms with Crippen LogP contribution in [0.5, 0.6) is 0 Å². The first kappa shape index (κ1) is 13.7. The fourth-order valence-electron chi connectivity index (χ4n) is 1.57. The second-order valence-corrected chi connectivity index (χ2v) is 4.73. The van der Waals surface area contributed by atoms with Crippen molar-refractivity contribution >= 4 is 34.8 Å². The molecule has 0 heterocycles. The molecule has 0 radical (unpaired) electrons. The molecule has 0 aliphatic carbocycles. The highest BCUT2D eigenvalue weighted by Crippen LogP contribution is 2.24. The third-order valence-electron chi connectivity index (χ3n) is 2.52. The number of anilines is 1. The summed E-state index contributed by atoms with van der Waals surface area (Å²) in [5.74, 6) is -0.209. The molecule has 1 amide bonds. The summed E-state index contributed by atoms with van der Waals surface area (Å²) in [4.78, 5) is 11.8. The van der Waals surface area contributed by atoms with E-state index in [0.29, 0.717) is 15.6 Å². The first-order chi connectivity index (χ1) is 9.16. The Hall–Kier alpha value is -1.71. The van der Waals surface area contributed by atoms with Crippen molar-refractivity contribution < 1.29 is 4.79 Å². The summed E-state index contributed by atoms with van der Waals surface area (Å²) >= 11 is 12.0. The Morgan fingerprint density at radius 3 is 2.21 bits per heavy atom. The van der Waals surface area contributed by atoms with E-state index in [1.165, 1.54) is 0 Å². The van der Waals surface area contributed by atoms with Gasteiger partial charge in [0, 0.05) is 10.0 Å². The number of halogens is 2. The molecular formula is C14H12Cl2N2O. The highest BCUT2D eigenvalue weighted by Gasteiger charge is 2.10. The van der Waals surface area contributed by atoms with Crippen LogP contribution in [0, 0.1) is 0 Å². The molecule has 0 saturated carbocycles. The number of para-hydroxylation sites is 1. The number of hydrazine groups is 1. The zero-order valence-electron chi connectivity index (χ0n) is 9.99. The Morgan fingerprint density at radius 1 is 0.947 bits per heavy atom. The standard InChI is InChI=1S/C14H12Cl2N2O/c15-12-7-4-8-13(16)11(12)9-14(19)18-17-10-5-2-1-3-6-10/h1-8,17H,9H2,(H,18,19). The Bertz CT molecular complexity index is 553. The van der Waals surface area contributed by atoms with E-state index in [-0.39, 0.29) is 12.3 Å². The normalized spacial score (nSPS) is 10.0. The monoisotopic (exact) mass is 294 g/mol. The average molecular weight is 295 g/mol. The van der Waals surface area contributed by atoms with Crippen LogP contribution < -0.4 is 10.9 Å². The van der Waals surface area contributed by atoms with E-state index in [4.69, 9.17) is 23.2 Å². The summed E-state index contributed by atoms with van der Waals surface area (Å²) in [5.41, 5.74) is 6.84. The van der Waals surface area contributed by atoms with Gasteiger partial charge in [0.05, 0.1) is 12.1 Å². The maximum Gasteiger partial charge on any atom is 0.242 e. The first-order valence-corrected chi connectivity index (χ1v) is 6.45. The molecule has 19 heavy (non-hydrogen) atoms. The van der Waals surface area contributed by atoms with Gasteiger partial charge in [-0.25, -0.2) is 0 Å². The van der Waals surface area contributed by atoms with Gasteiger partial charge in [0.2, 0.25) is 5.91 Å². The fraction of sp³-hybridized carbons (Fsp3) is 0.0714. The Labute approximate surface area is 121 Å². The molecule has 0 unspecified atom stereocenters. The third kappa shape index (κ3) is 3.88. The highest BCUT2D eigenvalue weighted by molar-refractivity contribution is 6.36. The summed E-state index contributed by atoms with van der Waals surface area (Å²) in [6.07, 6.45) is 0.123.